The van der Waals surface area contributed by atoms with Crippen LogP contribution in [-0.2, 0) is 11.8 Å². The number of nitrogens with zero attached hydrogens (tertiary/aromatic N) is 5. The summed E-state index contributed by atoms with van der Waals surface area (Å²) in [5.74, 6) is -0.130. The van der Waals surface area contributed by atoms with E-state index in [4.69, 9.17) is 5.73 Å². The number of carbonyl (C=O) groups excluding carboxylic acids is 1. The van der Waals surface area contributed by atoms with Crippen molar-refractivity contribution in [2.24, 2.45) is 18.7 Å². The summed E-state index contributed by atoms with van der Waals surface area (Å²) in [5, 5.41) is 11.7. The van der Waals surface area contributed by atoms with Crippen molar-refractivity contribution >= 4 is 11.9 Å². The van der Waals surface area contributed by atoms with E-state index in [-0.39, 0.29) is 18.0 Å². The zero-order valence-corrected chi connectivity index (χ0v) is 11.6. The van der Waals surface area contributed by atoms with Crippen LogP contribution in [0.3, 0.4) is 0 Å². The van der Waals surface area contributed by atoms with Gasteiger partial charge in [0.1, 0.15) is 6.33 Å². The fourth-order valence-electron chi connectivity index (χ4n) is 2.91. The van der Waals surface area contributed by atoms with Gasteiger partial charge >= 0.3 is 0 Å². The fraction of sp³-hybridized carbons (Fsp3) is 0.500. The molecule has 0 radical (unpaired) electrons. The van der Waals surface area contributed by atoms with E-state index in [9.17, 15) is 4.79 Å². The first-order valence-corrected chi connectivity index (χ1v) is 6.44. The van der Waals surface area contributed by atoms with Gasteiger partial charge in [0.05, 0.1) is 17.7 Å². The molecule has 0 aliphatic carbocycles. The van der Waals surface area contributed by atoms with Crippen molar-refractivity contribution in [1.82, 2.24) is 24.5 Å². The summed E-state index contributed by atoms with van der Waals surface area (Å²) < 4.78 is 3.44. The van der Waals surface area contributed by atoms with E-state index >= 15 is 0 Å². The molecular weight excluding hydrogens is 258 g/mol. The zero-order valence-electron chi connectivity index (χ0n) is 11.6. The van der Waals surface area contributed by atoms with Gasteiger partial charge in [-0.25, -0.2) is 4.68 Å². The number of carbonyl (C=O) groups is 1. The number of anilines is 1. The van der Waals surface area contributed by atoms with Gasteiger partial charge in [-0.1, -0.05) is 0 Å². The van der Waals surface area contributed by atoms with Gasteiger partial charge in [-0.15, -0.1) is 0 Å². The average Bonchev–Trinajstić information content (AvgIpc) is 2.93. The number of aryl methyl sites for hydroxylation is 2. The number of nitrogens with one attached hydrogen (secondary N) is 1. The minimum Gasteiger partial charge on any atom is -0.369 e. The molecule has 2 aromatic rings. The highest BCUT2D eigenvalue weighted by Crippen LogP contribution is 2.36. The standard InChI is InChI=1S/C12H17N7O/c1-6-8(4-18(3)17-6)10-9(11(13)20)7(2)16-12-14-5-15-19(10)12/h4-5,7,9-10H,1-3H3,(H2,13,20)(H,14,15,16)/t7-,9-,10-/m0/s1. The summed E-state index contributed by atoms with van der Waals surface area (Å²) in [4.78, 5) is 16.1. The number of fused-ring (bicyclic) bond motifs is 1. The van der Waals surface area contributed by atoms with Crippen LogP contribution in [0.4, 0.5) is 5.95 Å². The molecule has 20 heavy (non-hydrogen) atoms. The number of hydrogen-bond acceptors (Lipinski definition) is 5. The number of hydrogen-bond donors (Lipinski definition) is 2. The Balaban J connectivity index is 2.18. The van der Waals surface area contributed by atoms with Gasteiger partial charge < -0.3 is 11.1 Å². The van der Waals surface area contributed by atoms with E-state index in [1.54, 1.807) is 9.36 Å². The molecule has 0 spiro atoms. The SMILES string of the molecule is Cc1nn(C)cc1[C@H]1[C@@H](C(N)=O)[C@H](C)Nc2ncnn21. The summed E-state index contributed by atoms with van der Waals surface area (Å²) in [5.41, 5.74) is 7.40. The average molecular weight is 275 g/mol. The molecule has 3 heterocycles. The molecule has 1 amide bonds. The minimum absolute atomic E-state index is 0.117. The lowest BCUT2D eigenvalue weighted by molar-refractivity contribution is -0.123. The lowest BCUT2D eigenvalue weighted by Crippen LogP contribution is -2.47. The molecule has 0 saturated carbocycles. The second-order valence-corrected chi connectivity index (χ2v) is 5.18. The molecule has 0 fully saturated rings. The van der Waals surface area contributed by atoms with E-state index in [2.05, 4.69) is 20.5 Å². The largest absolute Gasteiger partial charge is 0.369 e. The number of rotatable bonds is 2. The third kappa shape index (κ3) is 1.75. The summed E-state index contributed by atoms with van der Waals surface area (Å²) in [7, 11) is 1.85. The molecule has 2 aromatic heterocycles. The maximum atomic E-state index is 11.9. The first-order valence-electron chi connectivity index (χ1n) is 6.44. The topological polar surface area (TPSA) is 104 Å². The first kappa shape index (κ1) is 12.6. The second kappa shape index (κ2) is 4.32. The Labute approximate surface area is 116 Å². The summed E-state index contributed by atoms with van der Waals surface area (Å²) in [6, 6.07) is -0.399. The Bertz CT molecular complexity index is 659. The highest BCUT2D eigenvalue weighted by Gasteiger charge is 2.41. The maximum Gasteiger partial charge on any atom is 0.225 e. The van der Waals surface area contributed by atoms with Crippen LogP contribution in [0.1, 0.15) is 24.2 Å². The molecule has 1 aliphatic heterocycles. The molecule has 0 unspecified atom stereocenters. The van der Waals surface area contributed by atoms with Gasteiger partial charge in [0.15, 0.2) is 0 Å². The first-order chi connectivity index (χ1) is 9.49. The van der Waals surface area contributed by atoms with E-state index in [1.165, 1.54) is 6.33 Å². The number of aromatic nitrogens is 5. The maximum absolute atomic E-state index is 11.9. The molecular formula is C12H17N7O. The van der Waals surface area contributed by atoms with Gasteiger partial charge in [-0.2, -0.15) is 15.2 Å². The summed E-state index contributed by atoms with van der Waals surface area (Å²) >= 11 is 0. The van der Waals surface area contributed by atoms with Crippen molar-refractivity contribution in [3.8, 4) is 0 Å². The van der Waals surface area contributed by atoms with Crippen molar-refractivity contribution in [3.63, 3.8) is 0 Å². The molecule has 8 heteroatoms. The highest BCUT2D eigenvalue weighted by molar-refractivity contribution is 5.79. The highest BCUT2D eigenvalue weighted by atomic mass is 16.1. The Hall–Kier alpha value is -2.38. The van der Waals surface area contributed by atoms with Crippen LogP contribution < -0.4 is 11.1 Å². The van der Waals surface area contributed by atoms with E-state index in [1.807, 2.05) is 27.1 Å². The second-order valence-electron chi connectivity index (χ2n) is 5.18. The van der Waals surface area contributed by atoms with Gasteiger partial charge in [0, 0.05) is 24.8 Å². The molecule has 0 aromatic carbocycles. The van der Waals surface area contributed by atoms with Crippen LogP contribution in [-0.4, -0.2) is 36.5 Å². The quantitative estimate of drug-likeness (QED) is 0.791. The van der Waals surface area contributed by atoms with Gasteiger partial charge in [-0.05, 0) is 13.8 Å². The zero-order chi connectivity index (χ0) is 14.4. The van der Waals surface area contributed by atoms with Crippen molar-refractivity contribution in [3.05, 3.63) is 23.8 Å². The van der Waals surface area contributed by atoms with Crippen LogP contribution in [0.5, 0.6) is 0 Å². The van der Waals surface area contributed by atoms with E-state index < -0.39 is 5.92 Å². The molecule has 3 rings (SSSR count). The number of nitrogens with two attached hydrogens (primary N) is 1. The van der Waals surface area contributed by atoms with Crippen LogP contribution in [0.25, 0.3) is 0 Å². The monoisotopic (exact) mass is 275 g/mol. The number of primary amides is 1. The Morgan fingerprint density at radius 3 is 2.85 bits per heavy atom. The van der Waals surface area contributed by atoms with Crippen LogP contribution >= 0.6 is 0 Å². The normalized spacial score (nSPS) is 25.1. The van der Waals surface area contributed by atoms with Crippen LogP contribution in [0.2, 0.25) is 0 Å². The van der Waals surface area contributed by atoms with E-state index in [0.717, 1.165) is 11.3 Å². The molecule has 1 aliphatic rings. The van der Waals surface area contributed by atoms with E-state index in [0.29, 0.717) is 5.95 Å². The molecule has 8 nitrogen and oxygen atoms in total. The lowest BCUT2D eigenvalue weighted by Gasteiger charge is -2.35. The van der Waals surface area contributed by atoms with Crippen LogP contribution in [0, 0.1) is 12.8 Å². The van der Waals surface area contributed by atoms with Crippen molar-refractivity contribution in [1.29, 1.82) is 0 Å². The van der Waals surface area contributed by atoms with Gasteiger partial charge in [0.25, 0.3) is 0 Å². The fourth-order valence-corrected chi connectivity index (χ4v) is 2.91. The predicted molar refractivity (Wildman–Crippen MR) is 71.9 cm³/mol. The smallest absolute Gasteiger partial charge is 0.225 e. The van der Waals surface area contributed by atoms with Gasteiger partial charge in [0.2, 0.25) is 11.9 Å². The van der Waals surface area contributed by atoms with Crippen molar-refractivity contribution in [2.75, 3.05) is 5.32 Å². The molecule has 0 bridgehead atoms. The van der Waals surface area contributed by atoms with Gasteiger partial charge in [-0.3, -0.25) is 9.48 Å². The van der Waals surface area contributed by atoms with Crippen LogP contribution in [0.15, 0.2) is 12.5 Å². The Morgan fingerprint density at radius 2 is 2.25 bits per heavy atom. The van der Waals surface area contributed by atoms with Crippen molar-refractivity contribution < 1.29 is 4.79 Å². The third-order valence-corrected chi connectivity index (χ3v) is 3.77. The predicted octanol–water partition coefficient (Wildman–Crippen LogP) is -0.175. The molecule has 106 valence electrons. The Kier molecular flexibility index (Phi) is 2.73. The number of amides is 1. The van der Waals surface area contributed by atoms with Crippen molar-refractivity contribution in [2.45, 2.75) is 25.9 Å². The third-order valence-electron chi connectivity index (χ3n) is 3.77. The summed E-state index contributed by atoms with van der Waals surface area (Å²) in [6.07, 6.45) is 3.37. The molecule has 3 N–H and O–H groups in total. The minimum atomic E-state index is -0.410. The molecule has 0 saturated heterocycles. The lowest BCUT2D eigenvalue weighted by atomic mass is 9.86. The Morgan fingerprint density at radius 1 is 1.50 bits per heavy atom. The summed E-state index contributed by atoms with van der Waals surface area (Å²) in [6.45, 7) is 3.84. The molecule has 3 atom stereocenters.